The molecule has 0 spiro atoms. The monoisotopic (exact) mass is 424 g/mol. The number of rotatable bonds is 5. The molecule has 0 unspecified atom stereocenters. The van der Waals surface area contributed by atoms with Crippen LogP contribution in [-0.2, 0) is 6.54 Å². The summed E-state index contributed by atoms with van der Waals surface area (Å²) >= 11 is 0. The van der Waals surface area contributed by atoms with Gasteiger partial charge in [0.25, 0.3) is 5.91 Å². The molecule has 1 amide bonds. The Labute approximate surface area is 179 Å². The third-order valence-corrected chi connectivity index (χ3v) is 5.71. The smallest absolute Gasteiger partial charge is 0.258 e. The minimum Gasteiger partial charge on any atom is -0.305 e. The lowest BCUT2D eigenvalue weighted by Gasteiger charge is -2.38. The minimum atomic E-state index is -0.547. The second-order valence-corrected chi connectivity index (χ2v) is 7.73. The van der Waals surface area contributed by atoms with Crippen LogP contribution in [0.15, 0.2) is 72.8 Å². The molecular weight excluding hydrogens is 401 g/mol. The molecule has 1 aliphatic heterocycles. The third kappa shape index (κ3) is 4.80. The summed E-state index contributed by atoms with van der Waals surface area (Å²) in [5.74, 6) is -1.60. The molecule has 1 aliphatic rings. The van der Waals surface area contributed by atoms with Crippen molar-refractivity contribution in [3.8, 4) is 0 Å². The normalized spacial score (nSPS) is 15.1. The fourth-order valence-electron chi connectivity index (χ4n) is 4.06. The molecule has 4 rings (SSSR count). The molecule has 3 nitrogen and oxygen atoms in total. The predicted molar refractivity (Wildman–Crippen MR) is 114 cm³/mol. The molecule has 0 N–H and O–H groups in total. The van der Waals surface area contributed by atoms with Crippen molar-refractivity contribution >= 4 is 11.6 Å². The lowest BCUT2D eigenvalue weighted by molar-refractivity contribution is 0.0958. The van der Waals surface area contributed by atoms with Crippen LogP contribution in [0.25, 0.3) is 0 Å². The molecule has 6 heteroatoms. The van der Waals surface area contributed by atoms with Gasteiger partial charge in [-0.05, 0) is 61.4 Å². The summed E-state index contributed by atoms with van der Waals surface area (Å²) in [6, 6.07) is 18.7. The zero-order valence-corrected chi connectivity index (χ0v) is 17.0. The van der Waals surface area contributed by atoms with Gasteiger partial charge in [0.15, 0.2) is 0 Å². The Bertz CT molecular complexity index is 1010. The van der Waals surface area contributed by atoms with E-state index < -0.39 is 11.6 Å². The van der Waals surface area contributed by atoms with Crippen molar-refractivity contribution in [3.63, 3.8) is 0 Å². The fraction of sp³-hybridized carbons (Fsp3) is 0.240. The first-order valence-electron chi connectivity index (χ1n) is 10.3. The van der Waals surface area contributed by atoms with Gasteiger partial charge in [0.2, 0.25) is 0 Å². The molecular formula is C25H23F3N2O. The van der Waals surface area contributed by atoms with E-state index in [2.05, 4.69) is 0 Å². The molecule has 3 aromatic rings. The second-order valence-electron chi connectivity index (χ2n) is 7.73. The Morgan fingerprint density at radius 3 is 2.06 bits per heavy atom. The van der Waals surface area contributed by atoms with Gasteiger partial charge in [-0.3, -0.25) is 9.69 Å². The fourth-order valence-corrected chi connectivity index (χ4v) is 4.06. The van der Waals surface area contributed by atoms with Gasteiger partial charge >= 0.3 is 0 Å². The molecule has 31 heavy (non-hydrogen) atoms. The number of halogens is 3. The molecule has 0 bridgehead atoms. The van der Waals surface area contributed by atoms with Gasteiger partial charge in [0.05, 0.1) is 0 Å². The van der Waals surface area contributed by atoms with E-state index in [9.17, 15) is 18.0 Å². The topological polar surface area (TPSA) is 23.6 Å². The molecule has 1 heterocycles. The zero-order valence-electron chi connectivity index (χ0n) is 17.0. The van der Waals surface area contributed by atoms with Crippen molar-refractivity contribution in [1.82, 2.24) is 4.90 Å². The Morgan fingerprint density at radius 2 is 1.45 bits per heavy atom. The summed E-state index contributed by atoms with van der Waals surface area (Å²) in [5.41, 5.74) is 1.26. The molecule has 0 radical (unpaired) electrons. The van der Waals surface area contributed by atoms with Crippen molar-refractivity contribution < 1.29 is 18.0 Å². The molecule has 1 fully saturated rings. The summed E-state index contributed by atoms with van der Waals surface area (Å²) < 4.78 is 41.5. The van der Waals surface area contributed by atoms with Crippen LogP contribution in [0.1, 0.15) is 28.8 Å². The largest absolute Gasteiger partial charge is 0.305 e. The number of likely N-dealkylation sites (tertiary alicyclic amines) is 1. The average Bonchev–Trinajstić information content (AvgIpc) is 2.79. The van der Waals surface area contributed by atoms with Crippen LogP contribution in [0.2, 0.25) is 0 Å². The molecule has 0 atom stereocenters. The first kappa shape index (κ1) is 21.1. The van der Waals surface area contributed by atoms with Gasteiger partial charge in [-0.1, -0.05) is 24.3 Å². The van der Waals surface area contributed by atoms with E-state index in [0.717, 1.165) is 0 Å². The molecule has 0 aliphatic carbocycles. The van der Waals surface area contributed by atoms with Gasteiger partial charge in [-0.2, -0.15) is 0 Å². The number of nitrogens with zero attached hydrogens (tertiary/aromatic N) is 2. The Balaban J connectivity index is 1.52. The highest BCUT2D eigenvalue weighted by Gasteiger charge is 2.30. The number of piperidine rings is 1. The Hall–Kier alpha value is -3.12. The SMILES string of the molecule is O=C(c1ccccc1)N(c1ccc(F)cc1)C1CCN(Cc2c(F)cccc2F)CC1. The summed E-state index contributed by atoms with van der Waals surface area (Å²) in [4.78, 5) is 17.0. The predicted octanol–water partition coefficient (Wildman–Crippen LogP) is 5.42. The van der Waals surface area contributed by atoms with E-state index >= 15 is 0 Å². The highest BCUT2D eigenvalue weighted by atomic mass is 19.1. The van der Waals surface area contributed by atoms with Gasteiger partial charge < -0.3 is 4.90 Å². The summed E-state index contributed by atoms with van der Waals surface area (Å²) in [6.45, 7) is 1.38. The van der Waals surface area contributed by atoms with Gasteiger partial charge in [-0.15, -0.1) is 0 Å². The number of carbonyl (C=O) groups excluding carboxylic acids is 1. The minimum absolute atomic E-state index is 0.0664. The number of carbonyl (C=O) groups is 1. The van der Waals surface area contributed by atoms with Gasteiger partial charge in [0.1, 0.15) is 17.5 Å². The van der Waals surface area contributed by atoms with Crippen molar-refractivity contribution in [2.24, 2.45) is 0 Å². The van der Waals surface area contributed by atoms with Crippen LogP contribution < -0.4 is 4.90 Å². The van der Waals surface area contributed by atoms with Gasteiger partial charge in [-0.25, -0.2) is 13.2 Å². The van der Waals surface area contributed by atoms with E-state index in [1.807, 2.05) is 23.1 Å². The van der Waals surface area contributed by atoms with E-state index in [-0.39, 0.29) is 29.9 Å². The maximum atomic E-state index is 14.0. The van der Waals surface area contributed by atoms with Crippen LogP contribution in [0.5, 0.6) is 0 Å². The van der Waals surface area contributed by atoms with E-state index in [1.165, 1.54) is 30.3 Å². The summed E-state index contributed by atoms with van der Waals surface area (Å²) in [6.07, 6.45) is 1.29. The van der Waals surface area contributed by atoms with Crippen molar-refractivity contribution in [2.75, 3.05) is 18.0 Å². The first-order chi connectivity index (χ1) is 15.0. The number of anilines is 1. The van der Waals surface area contributed by atoms with Crippen LogP contribution in [0.4, 0.5) is 18.9 Å². The number of benzene rings is 3. The average molecular weight is 424 g/mol. The van der Waals surface area contributed by atoms with Crippen LogP contribution in [-0.4, -0.2) is 29.9 Å². The van der Waals surface area contributed by atoms with E-state index in [4.69, 9.17) is 0 Å². The van der Waals surface area contributed by atoms with E-state index in [1.54, 1.807) is 29.2 Å². The van der Waals surface area contributed by atoms with Crippen molar-refractivity contribution in [1.29, 1.82) is 0 Å². The van der Waals surface area contributed by atoms with Crippen LogP contribution in [0.3, 0.4) is 0 Å². The molecule has 1 saturated heterocycles. The Morgan fingerprint density at radius 1 is 0.839 bits per heavy atom. The summed E-state index contributed by atoms with van der Waals surface area (Å²) in [7, 11) is 0. The molecule has 160 valence electrons. The maximum Gasteiger partial charge on any atom is 0.258 e. The molecule has 0 aromatic heterocycles. The first-order valence-corrected chi connectivity index (χ1v) is 10.3. The maximum absolute atomic E-state index is 14.0. The second kappa shape index (κ2) is 9.35. The Kier molecular flexibility index (Phi) is 6.37. The zero-order chi connectivity index (χ0) is 21.8. The number of amides is 1. The molecule has 0 saturated carbocycles. The lowest BCUT2D eigenvalue weighted by Crippen LogP contribution is -2.47. The van der Waals surface area contributed by atoms with Crippen LogP contribution in [0, 0.1) is 17.5 Å². The molecule has 3 aromatic carbocycles. The highest BCUT2D eigenvalue weighted by Crippen LogP contribution is 2.27. The quantitative estimate of drug-likeness (QED) is 0.546. The standard InChI is InChI=1S/C25H23F3N2O/c26-19-9-11-20(12-10-19)30(25(31)18-5-2-1-3-6-18)21-13-15-29(16-14-21)17-22-23(27)7-4-8-24(22)28/h1-12,21H,13-17H2. The number of hydrogen-bond acceptors (Lipinski definition) is 2. The van der Waals surface area contributed by atoms with Crippen LogP contribution >= 0.6 is 0 Å². The van der Waals surface area contributed by atoms with Crippen molar-refractivity contribution in [2.45, 2.75) is 25.4 Å². The van der Waals surface area contributed by atoms with Crippen molar-refractivity contribution in [3.05, 3.63) is 101 Å². The van der Waals surface area contributed by atoms with Gasteiger partial charge in [0, 0.05) is 42.5 Å². The lowest BCUT2D eigenvalue weighted by atomic mass is 10.00. The third-order valence-electron chi connectivity index (χ3n) is 5.71. The number of hydrogen-bond donors (Lipinski definition) is 0. The summed E-state index contributed by atoms with van der Waals surface area (Å²) in [5, 5.41) is 0. The van der Waals surface area contributed by atoms with E-state index in [0.29, 0.717) is 37.2 Å². The highest BCUT2D eigenvalue weighted by molar-refractivity contribution is 6.06.